The first-order chi connectivity index (χ1) is 18.2. The molecule has 3 aromatic rings. The summed E-state index contributed by atoms with van der Waals surface area (Å²) >= 11 is 15.0. The third-order valence-electron chi connectivity index (χ3n) is 5.51. The Balaban J connectivity index is 1.71. The highest BCUT2D eigenvalue weighted by Crippen LogP contribution is 2.33. The van der Waals surface area contributed by atoms with E-state index in [9.17, 15) is 19.7 Å². The van der Waals surface area contributed by atoms with Crippen LogP contribution in [0.2, 0.25) is 5.02 Å². The Morgan fingerprint density at radius 3 is 2.58 bits per heavy atom. The van der Waals surface area contributed by atoms with Gasteiger partial charge in [-0.25, -0.2) is 0 Å². The molecule has 0 saturated carbocycles. The fraction of sp³-hybridized carbons (Fsp3) is 0.115. The number of hydrogen-bond donors (Lipinski definition) is 0. The minimum absolute atomic E-state index is 0.0462. The molecular formula is C26H19BrClN3O6S. The molecule has 4 rings (SSSR count). The van der Waals surface area contributed by atoms with Crippen molar-refractivity contribution < 1.29 is 24.0 Å². The smallest absolute Gasteiger partial charge is 0.325 e. The Kier molecular flexibility index (Phi) is 8.40. The second-order valence-corrected chi connectivity index (χ2v) is 9.71. The predicted molar refractivity (Wildman–Crippen MR) is 150 cm³/mol. The number of thiocarbonyl (C=S) groups is 1. The number of carbonyl (C=O) groups excluding carboxylic acids is 2. The molecule has 0 aromatic heterocycles. The minimum Gasteiger partial charge on any atom is -0.488 e. The molecule has 1 saturated heterocycles. The van der Waals surface area contributed by atoms with E-state index in [1.54, 1.807) is 60.7 Å². The Labute approximate surface area is 236 Å². The number of nitro benzene ring substituents is 1. The average molecular weight is 617 g/mol. The number of ether oxygens (including phenoxy) is 2. The molecule has 1 aliphatic rings. The van der Waals surface area contributed by atoms with Gasteiger partial charge in [0.15, 0.2) is 5.11 Å². The molecule has 0 spiro atoms. The SMILES string of the molecule is COC(=O)CN1C(=S)N(c2ccc(Cl)cc2)C(=O)/C1=C/c1cc(Br)ccc1OCc1cccc([N+](=O)[O-])c1. The third-order valence-corrected chi connectivity index (χ3v) is 6.66. The molecular weight excluding hydrogens is 598 g/mol. The Morgan fingerprint density at radius 2 is 1.89 bits per heavy atom. The van der Waals surface area contributed by atoms with Crippen LogP contribution in [0, 0.1) is 10.1 Å². The predicted octanol–water partition coefficient (Wildman–Crippen LogP) is 5.74. The summed E-state index contributed by atoms with van der Waals surface area (Å²) in [6.45, 7) is -0.233. The number of halogens is 2. The van der Waals surface area contributed by atoms with Gasteiger partial charge >= 0.3 is 5.97 Å². The number of benzene rings is 3. The highest BCUT2D eigenvalue weighted by atomic mass is 79.9. The fourth-order valence-corrected chi connectivity index (χ4v) is 4.53. The van der Waals surface area contributed by atoms with Crippen LogP contribution in [0.4, 0.5) is 11.4 Å². The van der Waals surface area contributed by atoms with Gasteiger partial charge in [0, 0.05) is 27.2 Å². The van der Waals surface area contributed by atoms with Crippen LogP contribution in [0.5, 0.6) is 5.75 Å². The van der Waals surface area contributed by atoms with Crippen molar-refractivity contribution in [3.63, 3.8) is 0 Å². The maximum atomic E-state index is 13.6. The van der Waals surface area contributed by atoms with Crippen molar-refractivity contribution in [2.24, 2.45) is 0 Å². The first-order valence-electron chi connectivity index (χ1n) is 11.0. The largest absolute Gasteiger partial charge is 0.488 e. The molecule has 9 nitrogen and oxygen atoms in total. The molecule has 1 aliphatic heterocycles. The van der Waals surface area contributed by atoms with Gasteiger partial charge in [-0.15, -0.1) is 0 Å². The lowest BCUT2D eigenvalue weighted by molar-refractivity contribution is -0.384. The van der Waals surface area contributed by atoms with Crippen LogP contribution < -0.4 is 9.64 Å². The molecule has 0 atom stereocenters. The number of rotatable bonds is 8. The summed E-state index contributed by atoms with van der Waals surface area (Å²) in [7, 11) is 1.25. The summed E-state index contributed by atoms with van der Waals surface area (Å²) < 4.78 is 11.5. The quantitative estimate of drug-likeness (QED) is 0.104. The number of hydrogen-bond acceptors (Lipinski definition) is 7. The lowest BCUT2D eigenvalue weighted by Gasteiger charge is -2.19. The molecule has 12 heteroatoms. The lowest BCUT2D eigenvalue weighted by Crippen LogP contribution is -2.35. The number of anilines is 1. The van der Waals surface area contributed by atoms with Gasteiger partial charge in [-0.1, -0.05) is 39.7 Å². The Morgan fingerprint density at radius 1 is 1.16 bits per heavy atom. The maximum absolute atomic E-state index is 13.6. The van der Waals surface area contributed by atoms with Gasteiger partial charge in [0.1, 0.15) is 24.6 Å². The van der Waals surface area contributed by atoms with Crippen molar-refractivity contribution in [2.45, 2.75) is 6.61 Å². The number of esters is 1. The number of nitro groups is 1. The van der Waals surface area contributed by atoms with E-state index in [0.29, 0.717) is 32.1 Å². The van der Waals surface area contributed by atoms with Gasteiger partial charge in [0.05, 0.1) is 17.7 Å². The standard InChI is InChI=1S/C26H19BrClN3O6S/c1-36-24(32)14-29-22(25(33)30(26(29)38)20-8-6-19(28)7-9-20)13-17-12-18(27)5-10-23(17)37-15-16-3-2-4-21(11-16)31(34)35/h2-13H,14-15H2,1H3/b22-13-. The maximum Gasteiger partial charge on any atom is 0.325 e. The lowest BCUT2D eigenvalue weighted by atomic mass is 10.1. The van der Waals surface area contributed by atoms with Crippen molar-refractivity contribution in [1.29, 1.82) is 0 Å². The third kappa shape index (κ3) is 6.01. The molecule has 0 N–H and O–H groups in total. The number of non-ortho nitro benzene ring substituents is 1. The molecule has 194 valence electrons. The van der Waals surface area contributed by atoms with E-state index < -0.39 is 16.8 Å². The molecule has 38 heavy (non-hydrogen) atoms. The number of methoxy groups -OCH3 is 1. The van der Waals surface area contributed by atoms with Gasteiger partial charge in [0.25, 0.3) is 11.6 Å². The first kappa shape index (κ1) is 27.2. The number of nitrogens with zero attached hydrogens (tertiary/aromatic N) is 3. The summed E-state index contributed by atoms with van der Waals surface area (Å²) in [6.07, 6.45) is 1.57. The second kappa shape index (κ2) is 11.7. The highest BCUT2D eigenvalue weighted by Gasteiger charge is 2.40. The van der Waals surface area contributed by atoms with Gasteiger partial charge in [-0.05, 0) is 66.3 Å². The molecule has 3 aromatic carbocycles. The zero-order valence-corrected chi connectivity index (χ0v) is 23.0. The number of carbonyl (C=O) groups is 2. The molecule has 0 unspecified atom stereocenters. The summed E-state index contributed by atoms with van der Waals surface area (Å²) in [5, 5.41) is 11.7. The van der Waals surface area contributed by atoms with Crippen molar-refractivity contribution in [1.82, 2.24) is 4.90 Å². The van der Waals surface area contributed by atoms with Crippen molar-refractivity contribution in [3.8, 4) is 5.75 Å². The molecule has 1 amide bonds. The van der Waals surface area contributed by atoms with E-state index in [-0.39, 0.29) is 29.6 Å². The summed E-state index contributed by atoms with van der Waals surface area (Å²) in [5.74, 6) is -0.625. The summed E-state index contributed by atoms with van der Waals surface area (Å²) in [6, 6.07) is 17.9. The van der Waals surface area contributed by atoms with E-state index in [0.717, 1.165) is 0 Å². The topological polar surface area (TPSA) is 102 Å². The van der Waals surface area contributed by atoms with E-state index in [1.165, 1.54) is 29.0 Å². The van der Waals surface area contributed by atoms with Crippen LogP contribution in [0.3, 0.4) is 0 Å². The molecule has 1 heterocycles. The summed E-state index contributed by atoms with van der Waals surface area (Å²) in [5.41, 5.74) is 1.69. The van der Waals surface area contributed by atoms with Gasteiger partial charge in [-0.3, -0.25) is 24.6 Å². The van der Waals surface area contributed by atoms with Crippen LogP contribution in [0.15, 0.2) is 76.9 Å². The zero-order chi connectivity index (χ0) is 27.4. The van der Waals surface area contributed by atoms with Crippen LogP contribution in [0.1, 0.15) is 11.1 Å². The molecule has 1 fully saturated rings. The second-order valence-electron chi connectivity index (χ2n) is 7.99. The monoisotopic (exact) mass is 615 g/mol. The van der Waals surface area contributed by atoms with E-state index in [4.69, 9.17) is 33.3 Å². The van der Waals surface area contributed by atoms with E-state index in [2.05, 4.69) is 15.9 Å². The van der Waals surface area contributed by atoms with E-state index in [1.807, 2.05) is 0 Å². The van der Waals surface area contributed by atoms with Crippen molar-refractivity contribution >= 4 is 74.2 Å². The molecule has 0 radical (unpaired) electrons. The van der Waals surface area contributed by atoms with Crippen LogP contribution in [-0.4, -0.2) is 40.5 Å². The first-order valence-corrected chi connectivity index (χ1v) is 12.6. The molecule has 0 bridgehead atoms. The Bertz CT molecular complexity index is 1460. The highest BCUT2D eigenvalue weighted by molar-refractivity contribution is 9.10. The van der Waals surface area contributed by atoms with Gasteiger partial charge in [0.2, 0.25) is 0 Å². The van der Waals surface area contributed by atoms with Crippen LogP contribution in [0.25, 0.3) is 6.08 Å². The van der Waals surface area contributed by atoms with Crippen molar-refractivity contribution in [3.05, 3.63) is 103 Å². The van der Waals surface area contributed by atoms with Gasteiger partial charge < -0.3 is 14.4 Å². The van der Waals surface area contributed by atoms with Crippen LogP contribution >= 0.6 is 39.7 Å². The van der Waals surface area contributed by atoms with Crippen LogP contribution in [-0.2, 0) is 20.9 Å². The average Bonchev–Trinajstić information content (AvgIpc) is 3.12. The normalized spacial score (nSPS) is 14.2. The Hall–Kier alpha value is -3.80. The minimum atomic E-state index is -0.583. The van der Waals surface area contributed by atoms with E-state index >= 15 is 0 Å². The molecule has 0 aliphatic carbocycles. The van der Waals surface area contributed by atoms with Gasteiger partial charge in [-0.2, -0.15) is 0 Å². The van der Waals surface area contributed by atoms with Crippen molar-refractivity contribution in [2.75, 3.05) is 18.6 Å². The number of amides is 1. The fourth-order valence-electron chi connectivity index (χ4n) is 3.68. The zero-order valence-electron chi connectivity index (χ0n) is 19.8. The summed E-state index contributed by atoms with van der Waals surface area (Å²) in [4.78, 5) is 39.1.